The van der Waals surface area contributed by atoms with E-state index in [0.717, 1.165) is 29.7 Å². The third-order valence-corrected chi connectivity index (χ3v) is 5.96. The summed E-state index contributed by atoms with van der Waals surface area (Å²) in [6, 6.07) is 10.7. The number of nitrogens with one attached hydrogen (secondary N) is 2. The van der Waals surface area contributed by atoms with Crippen molar-refractivity contribution in [2.75, 3.05) is 6.54 Å². The first-order valence-corrected chi connectivity index (χ1v) is 11.8. The third kappa shape index (κ3) is 6.75. The Bertz CT molecular complexity index is 1010. The summed E-state index contributed by atoms with van der Waals surface area (Å²) in [7, 11) is 0. The molecule has 0 saturated heterocycles. The van der Waals surface area contributed by atoms with E-state index in [4.69, 9.17) is 4.52 Å². The minimum Gasteiger partial charge on any atom is -0.354 e. The number of hydrogen-bond donors (Lipinski definition) is 2. The van der Waals surface area contributed by atoms with Gasteiger partial charge in [0.15, 0.2) is 0 Å². The van der Waals surface area contributed by atoms with Gasteiger partial charge in [0.2, 0.25) is 17.6 Å². The van der Waals surface area contributed by atoms with Gasteiger partial charge in [0, 0.05) is 18.5 Å². The van der Waals surface area contributed by atoms with Crippen LogP contribution >= 0.6 is 11.3 Å². The van der Waals surface area contributed by atoms with Crippen LogP contribution in [0.4, 0.5) is 0 Å². The maximum absolute atomic E-state index is 12.6. The Kier molecular flexibility index (Phi) is 8.56. The molecule has 3 aromatic rings. The highest BCUT2D eigenvalue weighted by Gasteiger charge is 2.24. The fourth-order valence-electron chi connectivity index (χ4n) is 3.31. The molecule has 0 aliphatic heterocycles. The van der Waals surface area contributed by atoms with Gasteiger partial charge in [-0.05, 0) is 49.3 Å². The molecule has 1 atom stereocenters. The van der Waals surface area contributed by atoms with Gasteiger partial charge in [0.25, 0.3) is 5.91 Å². The molecule has 170 valence electrons. The topological polar surface area (TPSA) is 97.1 Å². The number of hydrogen-bond acceptors (Lipinski definition) is 6. The molecule has 2 N–H and O–H groups in total. The van der Waals surface area contributed by atoms with Crippen molar-refractivity contribution in [3.05, 3.63) is 58.8 Å². The van der Waals surface area contributed by atoms with Crippen LogP contribution in [0.5, 0.6) is 0 Å². The van der Waals surface area contributed by atoms with Crippen molar-refractivity contribution in [1.82, 2.24) is 20.8 Å². The maximum Gasteiger partial charge on any atom is 0.251 e. The minimum atomic E-state index is -0.572. The van der Waals surface area contributed by atoms with Crippen LogP contribution in [0.3, 0.4) is 0 Å². The Morgan fingerprint density at radius 3 is 2.69 bits per heavy atom. The predicted molar refractivity (Wildman–Crippen MR) is 125 cm³/mol. The Labute approximate surface area is 192 Å². The van der Waals surface area contributed by atoms with Crippen molar-refractivity contribution >= 4 is 23.2 Å². The molecule has 0 radical (unpaired) electrons. The molecule has 0 saturated carbocycles. The molecule has 0 aliphatic carbocycles. The van der Waals surface area contributed by atoms with Gasteiger partial charge >= 0.3 is 0 Å². The molecule has 1 aromatic carbocycles. The van der Waals surface area contributed by atoms with Gasteiger partial charge in [-0.15, -0.1) is 11.3 Å². The Hall–Kier alpha value is -3.00. The fourth-order valence-corrected chi connectivity index (χ4v) is 3.96. The second-order valence-electron chi connectivity index (χ2n) is 8.16. The van der Waals surface area contributed by atoms with Crippen molar-refractivity contribution in [3.63, 3.8) is 0 Å². The first kappa shape index (κ1) is 23.7. The SMILES string of the molecule is Cc1cccc(C(=O)N[C@H](C(=O)NCCCCCc2nc(-c3cccs3)no2)C(C)C)c1. The smallest absolute Gasteiger partial charge is 0.251 e. The van der Waals surface area contributed by atoms with Gasteiger partial charge in [-0.3, -0.25) is 9.59 Å². The lowest BCUT2D eigenvalue weighted by molar-refractivity contribution is -0.123. The quantitative estimate of drug-likeness (QED) is 0.419. The van der Waals surface area contributed by atoms with Crippen LogP contribution in [0.15, 0.2) is 46.3 Å². The molecule has 0 spiro atoms. The second kappa shape index (κ2) is 11.6. The average Bonchev–Trinajstić information content (AvgIpc) is 3.45. The van der Waals surface area contributed by atoms with Crippen LogP contribution in [-0.4, -0.2) is 34.5 Å². The normalized spacial score (nSPS) is 12.0. The Balaban J connectivity index is 1.37. The lowest BCUT2D eigenvalue weighted by atomic mass is 10.0. The minimum absolute atomic E-state index is 0.0150. The summed E-state index contributed by atoms with van der Waals surface area (Å²) in [6.45, 7) is 6.35. The number of carbonyl (C=O) groups is 2. The number of aromatic nitrogens is 2. The molecule has 0 bridgehead atoms. The third-order valence-electron chi connectivity index (χ3n) is 5.09. The number of nitrogens with zero attached hydrogens (tertiary/aromatic N) is 2. The highest BCUT2D eigenvalue weighted by Crippen LogP contribution is 2.21. The van der Waals surface area contributed by atoms with E-state index in [1.807, 2.05) is 56.5 Å². The van der Waals surface area contributed by atoms with Crippen LogP contribution in [0, 0.1) is 12.8 Å². The number of thiophene rings is 1. The molecule has 2 aromatic heterocycles. The summed E-state index contributed by atoms with van der Waals surface area (Å²) >= 11 is 1.58. The van der Waals surface area contributed by atoms with E-state index in [1.54, 1.807) is 17.4 Å². The van der Waals surface area contributed by atoms with Crippen LogP contribution < -0.4 is 10.6 Å². The summed E-state index contributed by atoms with van der Waals surface area (Å²) in [5, 5.41) is 11.8. The highest BCUT2D eigenvalue weighted by molar-refractivity contribution is 7.13. The molecule has 8 heteroatoms. The molecule has 2 amide bonds. The Morgan fingerprint density at radius 2 is 1.97 bits per heavy atom. The van der Waals surface area contributed by atoms with Crippen LogP contribution in [0.1, 0.15) is 54.9 Å². The molecular weight excluding hydrogens is 424 g/mol. The van der Waals surface area contributed by atoms with Crippen molar-refractivity contribution in [3.8, 4) is 10.7 Å². The molecular formula is C24H30N4O3S. The van der Waals surface area contributed by atoms with Crippen LogP contribution in [0.2, 0.25) is 0 Å². The number of carbonyl (C=O) groups excluding carboxylic acids is 2. The first-order chi connectivity index (χ1) is 15.4. The van der Waals surface area contributed by atoms with Crippen molar-refractivity contribution in [2.24, 2.45) is 5.92 Å². The lowest BCUT2D eigenvalue weighted by Gasteiger charge is -2.22. The first-order valence-electron chi connectivity index (χ1n) is 11.0. The number of benzene rings is 1. The number of aryl methyl sites for hydroxylation is 2. The zero-order valence-corrected chi connectivity index (χ0v) is 19.6. The van der Waals surface area contributed by atoms with Gasteiger partial charge in [-0.2, -0.15) is 4.98 Å². The Morgan fingerprint density at radius 1 is 1.12 bits per heavy atom. The number of amides is 2. The van der Waals surface area contributed by atoms with Gasteiger partial charge in [-0.25, -0.2) is 0 Å². The van der Waals surface area contributed by atoms with E-state index in [-0.39, 0.29) is 17.7 Å². The highest BCUT2D eigenvalue weighted by atomic mass is 32.1. The fraction of sp³-hybridized carbons (Fsp3) is 0.417. The van der Waals surface area contributed by atoms with E-state index in [2.05, 4.69) is 20.8 Å². The van der Waals surface area contributed by atoms with Crippen molar-refractivity contribution in [2.45, 2.75) is 52.5 Å². The molecule has 32 heavy (non-hydrogen) atoms. The van der Waals surface area contributed by atoms with Gasteiger partial charge < -0.3 is 15.2 Å². The molecule has 0 aliphatic rings. The van der Waals surface area contributed by atoms with E-state index < -0.39 is 6.04 Å². The number of unbranched alkanes of at least 4 members (excludes halogenated alkanes) is 2. The van der Waals surface area contributed by atoms with E-state index in [1.165, 1.54) is 0 Å². The van der Waals surface area contributed by atoms with Gasteiger partial charge in [0.05, 0.1) is 4.88 Å². The van der Waals surface area contributed by atoms with E-state index >= 15 is 0 Å². The molecule has 2 heterocycles. The summed E-state index contributed by atoms with van der Waals surface area (Å²) in [5.41, 5.74) is 1.57. The zero-order chi connectivity index (χ0) is 22.9. The predicted octanol–water partition coefficient (Wildman–Crippen LogP) is 4.39. The monoisotopic (exact) mass is 454 g/mol. The number of rotatable bonds is 11. The summed E-state index contributed by atoms with van der Waals surface area (Å²) in [4.78, 5) is 30.6. The second-order valence-corrected chi connectivity index (χ2v) is 9.10. The van der Waals surface area contributed by atoms with E-state index in [9.17, 15) is 9.59 Å². The van der Waals surface area contributed by atoms with Crippen LogP contribution in [-0.2, 0) is 11.2 Å². The van der Waals surface area contributed by atoms with Crippen molar-refractivity contribution in [1.29, 1.82) is 0 Å². The van der Waals surface area contributed by atoms with Gasteiger partial charge in [0.1, 0.15) is 6.04 Å². The summed E-state index contributed by atoms with van der Waals surface area (Å²) < 4.78 is 5.31. The standard InChI is InChI=1S/C24H30N4O3S/c1-16(2)21(27-23(29)18-10-7-9-17(3)15-18)24(30)25-13-6-4-5-12-20-26-22(28-31-20)19-11-8-14-32-19/h7-11,14-16,21H,4-6,12-13H2,1-3H3,(H,25,30)(H,27,29)/t21-/m0/s1. The van der Waals surface area contributed by atoms with Crippen molar-refractivity contribution < 1.29 is 14.1 Å². The maximum atomic E-state index is 12.6. The molecule has 7 nitrogen and oxygen atoms in total. The average molecular weight is 455 g/mol. The molecule has 0 unspecified atom stereocenters. The molecule has 0 fully saturated rings. The van der Waals surface area contributed by atoms with Crippen LogP contribution in [0.25, 0.3) is 10.7 Å². The zero-order valence-electron chi connectivity index (χ0n) is 18.8. The lowest BCUT2D eigenvalue weighted by Crippen LogP contribution is -2.49. The summed E-state index contributed by atoms with van der Waals surface area (Å²) in [5.74, 6) is 0.868. The van der Waals surface area contributed by atoms with E-state index in [0.29, 0.717) is 30.2 Å². The molecule has 3 rings (SSSR count). The largest absolute Gasteiger partial charge is 0.354 e. The summed E-state index contributed by atoms with van der Waals surface area (Å²) in [6.07, 6.45) is 3.39. The van der Waals surface area contributed by atoms with Gasteiger partial charge in [-0.1, -0.05) is 49.2 Å².